The maximum absolute atomic E-state index is 5.93. The molecule has 4 nitrogen and oxygen atoms in total. The summed E-state index contributed by atoms with van der Waals surface area (Å²) in [6, 6.07) is 8.43. The number of hydrogen-bond acceptors (Lipinski definition) is 3. The van der Waals surface area contributed by atoms with E-state index in [1.54, 1.807) is 0 Å². The van der Waals surface area contributed by atoms with Crippen LogP contribution in [0.3, 0.4) is 0 Å². The van der Waals surface area contributed by atoms with Crippen molar-refractivity contribution in [1.82, 2.24) is 20.5 Å². The lowest BCUT2D eigenvalue weighted by molar-refractivity contribution is 0.494. The van der Waals surface area contributed by atoms with Crippen LogP contribution in [0.25, 0.3) is 0 Å². The van der Waals surface area contributed by atoms with Crippen LogP contribution in [0.2, 0.25) is 5.02 Å². The molecule has 0 fully saturated rings. The first kappa shape index (κ1) is 14.0. The molecule has 1 aromatic heterocycles. The molecule has 0 saturated carbocycles. The Kier molecular flexibility index (Phi) is 5.36. The van der Waals surface area contributed by atoms with Gasteiger partial charge in [0.15, 0.2) is 0 Å². The Hall–Kier alpha value is -1.39. The third-order valence-corrected chi connectivity index (χ3v) is 3.32. The van der Waals surface area contributed by atoms with E-state index in [9.17, 15) is 0 Å². The van der Waals surface area contributed by atoms with Crippen LogP contribution < -0.4 is 5.32 Å². The molecule has 0 amide bonds. The van der Waals surface area contributed by atoms with E-state index >= 15 is 0 Å². The number of aromatic amines is 1. The molecule has 2 rings (SSSR count). The highest BCUT2D eigenvalue weighted by Gasteiger charge is 2.09. The van der Waals surface area contributed by atoms with Gasteiger partial charge in [-0.25, -0.2) is 4.98 Å². The second-order valence-corrected chi connectivity index (χ2v) is 4.97. The number of nitrogens with zero attached hydrogens (tertiary/aromatic N) is 2. The molecule has 5 heteroatoms. The molecule has 1 atom stereocenters. The number of hydrogen-bond donors (Lipinski definition) is 2. The Morgan fingerprint density at radius 1 is 1.32 bits per heavy atom. The predicted octanol–water partition coefficient (Wildman–Crippen LogP) is 3.13. The van der Waals surface area contributed by atoms with E-state index in [2.05, 4.69) is 39.6 Å². The summed E-state index contributed by atoms with van der Waals surface area (Å²) in [4.78, 5) is 4.12. The molecule has 0 aliphatic rings. The summed E-state index contributed by atoms with van der Waals surface area (Å²) >= 11 is 5.93. The van der Waals surface area contributed by atoms with Crippen molar-refractivity contribution in [1.29, 1.82) is 0 Å². The summed E-state index contributed by atoms with van der Waals surface area (Å²) in [5, 5.41) is 11.1. The van der Waals surface area contributed by atoms with Gasteiger partial charge in [0.2, 0.25) is 0 Å². The predicted molar refractivity (Wildman–Crippen MR) is 77.2 cm³/mol. The average molecular weight is 279 g/mol. The molecule has 0 spiro atoms. The molecule has 102 valence electrons. The number of H-pyrrole nitrogens is 1. The molecule has 0 bridgehead atoms. The summed E-state index contributed by atoms with van der Waals surface area (Å²) in [7, 11) is 0. The average Bonchev–Trinajstić information content (AvgIpc) is 2.92. The maximum Gasteiger partial charge on any atom is 0.137 e. The summed E-state index contributed by atoms with van der Waals surface area (Å²) < 4.78 is 0. The minimum Gasteiger partial charge on any atom is -0.309 e. The Bertz CT molecular complexity index is 467. The van der Waals surface area contributed by atoms with Crippen molar-refractivity contribution in [3.05, 3.63) is 47.0 Å². The van der Waals surface area contributed by atoms with Crippen molar-refractivity contribution >= 4 is 11.6 Å². The molecule has 19 heavy (non-hydrogen) atoms. The van der Waals surface area contributed by atoms with E-state index < -0.39 is 0 Å². The van der Waals surface area contributed by atoms with Gasteiger partial charge in [0, 0.05) is 24.0 Å². The van der Waals surface area contributed by atoms with Crippen LogP contribution in [0.15, 0.2) is 30.6 Å². The van der Waals surface area contributed by atoms with Gasteiger partial charge < -0.3 is 5.32 Å². The van der Waals surface area contributed by atoms with Crippen molar-refractivity contribution in [2.45, 2.75) is 32.2 Å². The van der Waals surface area contributed by atoms with Crippen molar-refractivity contribution in [3.63, 3.8) is 0 Å². The SMILES string of the molecule is CCCC(NCCc1ncn[nH]1)c1ccc(Cl)cc1. The molecule has 1 aromatic carbocycles. The molecule has 2 aromatic rings. The second-order valence-electron chi connectivity index (χ2n) is 4.53. The Balaban J connectivity index is 1.90. The van der Waals surface area contributed by atoms with Gasteiger partial charge in [0.25, 0.3) is 0 Å². The molecule has 1 heterocycles. The first-order chi connectivity index (χ1) is 9.29. The lowest BCUT2D eigenvalue weighted by atomic mass is 10.0. The van der Waals surface area contributed by atoms with Crippen LogP contribution in [0.4, 0.5) is 0 Å². The van der Waals surface area contributed by atoms with E-state index in [4.69, 9.17) is 11.6 Å². The van der Waals surface area contributed by atoms with Crippen molar-refractivity contribution in [3.8, 4) is 0 Å². The zero-order valence-electron chi connectivity index (χ0n) is 11.1. The van der Waals surface area contributed by atoms with Gasteiger partial charge in [-0.3, -0.25) is 5.10 Å². The first-order valence-corrected chi connectivity index (χ1v) is 7.00. The molecular formula is C14H19ClN4. The fraction of sp³-hybridized carbons (Fsp3) is 0.429. The fourth-order valence-electron chi connectivity index (χ4n) is 2.09. The Labute approximate surface area is 118 Å². The van der Waals surface area contributed by atoms with Gasteiger partial charge in [-0.15, -0.1) is 0 Å². The number of benzene rings is 1. The van der Waals surface area contributed by atoms with Crippen LogP contribution in [-0.4, -0.2) is 21.7 Å². The highest BCUT2D eigenvalue weighted by molar-refractivity contribution is 6.30. The van der Waals surface area contributed by atoms with Crippen molar-refractivity contribution in [2.24, 2.45) is 0 Å². The van der Waals surface area contributed by atoms with Crippen molar-refractivity contribution < 1.29 is 0 Å². The van der Waals surface area contributed by atoms with Gasteiger partial charge in [-0.05, 0) is 24.1 Å². The largest absolute Gasteiger partial charge is 0.309 e. The summed E-state index contributed by atoms with van der Waals surface area (Å²) in [6.07, 6.45) is 4.65. The normalized spacial score (nSPS) is 12.5. The molecular weight excluding hydrogens is 260 g/mol. The van der Waals surface area contributed by atoms with E-state index in [1.807, 2.05) is 12.1 Å². The zero-order valence-corrected chi connectivity index (χ0v) is 11.8. The number of aromatic nitrogens is 3. The first-order valence-electron chi connectivity index (χ1n) is 6.62. The van der Waals surface area contributed by atoms with E-state index in [0.29, 0.717) is 6.04 Å². The highest BCUT2D eigenvalue weighted by Crippen LogP contribution is 2.20. The third kappa shape index (κ3) is 4.33. The Morgan fingerprint density at radius 3 is 2.74 bits per heavy atom. The number of nitrogens with one attached hydrogen (secondary N) is 2. The molecule has 1 unspecified atom stereocenters. The molecule has 2 N–H and O–H groups in total. The van der Waals surface area contributed by atoms with Crippen LogP contribution in [0.5, 0.6) is 0 Å². The van der Waals surface area contributed by atoms with Crippen LogP contribution >= 0.6 is 11.6 Å². The molecule has 0 aliphatic carbocycles. The molecule has 0 radical (unpaired) electrons. The van der Waals surface area contributed by atoms with Gasteiger partial charge in [-0.2, -0.15) is 5.10 Å². The zero-order chi connectivity index (χ0) is 13.5. The van der Waals surface area contributed by atoms with E-state index in [-0.39, 0.29) is 0 Å². The summed E-state index contributed by atoms with van der Waals surface area (Å²) in [5.74, 6) is 0.916. The minimum absolute atomic E-state index is 0.366. The van der Waals surface area contributed by atoms with Crippen LogP contribution in [0.1, 0.15) is 37.2 Å². The van der Waals surface area contributed by atoms with Gasteiger partial charge in [-0.1, -0.05) is 37.1 Å². The lowest BCUT2D eigenvalue weighted by Crippen LogP contribution is -2.24. The third-order valence-electron chi connectivity index (χ3n) is 3.07. The number of halogens is 1. The van der Waals surface area contributed by atoms with E-state index in [0.717, 1.165) is 36.7 Å². The molecule has 0 aliphatic heterocycles. The van der Waals surface area contributed by atoms with Gasteiger partial charge in [0.1, 0.15) is 12.2 Å². The lowest BCUT2D eigenvalue weighted by Gasteiger charge is -2.18. The smallest absolute Gasteiger partial charge is 0.137 e. The Morgan fingerprint density at radius 2 is 2.11 bits per heavy atom. The van der Waals surface area contributed by atoms with Gasteiger partial charge >= 0.3 is 0 Å². The summed E-state index contributed by atoms with van der Waals surface area (Å²) in [5.41, 5.74) is 1.28. The topological polar surface area (TPSA) is 53.6 Å². The highest BCUT2D eigenvalue weighted by atomic mass is 35.5. The fourth-order valence-corrected chi connectivity index (χ4v) is 2.21. The minimum atomic E-state index is 0.366. The quantitative estimate of drug-likeness (QED) is 0.818. The van der Waals surface area contributed by atoms with Crippen LogP contribution in [0, 0.1) is 0 Å². The number of rotatable bonds is 7. The van der Waals surface area contributed by atoms with E-state index in [1.165, 1.54) is 11.9 Å². The summed E-state index contributed by atoms with van der Waals surface area (Å²) in [6.45, 7) is 3.07. The van der Waals surface area contributed by atoms with Crippen LogP contribution in [-0.2, 0) is 6.42 Å². The monoisotopic (exact) mass is 278 g/mol. The van der Waals surface area contributed by atoms with Crippen molar-refractivity contribution in [2.75, 3.05) is 6.54 Å². The maximum atomic E-state index is 5.93. The standard InChI is InChI=1S/C14H19ClN4/c1-2-3-13(11-4-6-12(15)7-5-11)16-9-8-14-17-10-18-19-14/h4-7,10,13,16H,2-3,8-9H2,1H3,(H,17,18,19). The van der Waals surface area contributed by atoms with Gasteiger partial charge in [0.05, 0.1) is 0 Å². The second kappa shape index (κ2) is 7.26. The molecule has 0 saturated heterocycles.